The standard InChI is InChI=1S/C27H32F2N6O4/c1-3-38-27(37)17-6-8-19(9-7-17)35-14-20(23(33-35)24(28)29)31-25(36)21-15-39-26(32-21)18-10-11-30-22(12-18)34(2)13-16-4-5-16/h10-12,14-17,19,24H,3-9,13H2,1-2H3,(H,31,36)/t17-,19+. The molecule has 1 amide bonds. The maximum atomic E-state index is 13.8. The van der Waals surface area contributed by atoms with Gasteiger partial charge in [0.2, 0.25) is 5.89 Å². The summed E-state index contributed by atoms with van der Waals surface area (Å²) in [7, 11) is 1.98. The number of ether oxygens (including phenoxy) is 1. The van der Waals surface area contributed by atoms with E-state index in [1.165, 1.54) is 30.0 Å². The molecule has 2 fully saturated rings. The lowest BCUT2D eigenvalue weighted by atomic mass is 9.86. The molecule has 2 saturated carbocycles. The molecule has 39 heavy (non-hydrogen) atoms. The third-order valence-corrected chi connectivity index (χ3v) is 7.26. The van der Waals surface area contributed by atoms with Gasteiger partial charge in [-0.15, -0.1) is 0 Å². The van der Waals surface area contributed by atoms with E-state index in [0.29, 0.717) is 43.8 Å². The Morgan fingerprint density at radius 1 is 1.23 bits per heavy atom. The van der Waals surface area contributed by atoms with Crippen LogP contribution in [-0.2, 0) is 9.53 Å². The summed E-state index contributed by atoms with van der Waals surface area (Å²) in [5.41, 5.74) is 0.0100. The molecule has 0 bridgehead atoms. The van der Waals surface area contributed by atoms with E-state index in [9.17, 15) is 18.4 Å². The van der Waals surface area contributed by atoms with Gasteiger partial charge < -0.3 is 19.4 Å². The van der Waals surface area contributed by atoms with Crippen molar-refractivity contribution in [1.29, 1.82) is 0 Å². The summed E-state index contributed by atoms with van der Waals surface area (Å²) in [6.45, 7) is 3.01. The summed E-state index contributed by atoms with van der Waals surface area (Å²) in [6.07, 6.45) is 6.20. The number of alkyl halides is 2. The zero-order valence-corrected chi connectivity index (χ0v) is 22.0. The molecule has 12 heteroatoms. The second kappa shape index (κ2) is 11.5. The predicted octanol–water partition coefficient (Wildman–Crippen LogP) is 5.26. The van der Waals surface area contributed by atoms with E-state index in [0.717, 1.165) is 12.4 Å². The Kier molecular flexibility index (Phi) is 7.89. The molecule has 0 unspecified atom stereocenters. The Labute approximate surface area is 224 Å². The first-order valence-electron chi connectivity index (χ1n) is 13.3. The quantitative estimate of drug-likeness (QED) is 0.345. The van der Waals surface area contributed by atoms with Gasteiger partial charge in [-0.05, 0) is 63.5 Å². The van der Waals surface area contributed by atoms with Gasteiger partial charge in [-0.2, -0.15) is 5.10 Å². The molecule has 0 radical (unpaired) electrons. The molecule has 10 nitrogen and oxygen atoms in total. The number of rotatable bonds is 10. The van der Waals surface area contributed by atoms with Crippen molar-refractivity contribution in [1.82, 2.24) is 19.7 Å². The van der Waals surface area contributed by atoms with Gasteiger partial charge in [0.25, 0.3) is 12.3 Å². The Morgan fingerprint density at radius 3 is 2.69 bits per heavy atom. The molecule has 0 saturated heterocycles. The molecule has 0 spiro atoms. The molecule has 208 valence electrons. The molecule has 0 aliphatic heterocycles. The molecular weight excluding hydrogens is 510 g/mol. The van der Waals surface area contributed by atoms with Crippen LogP contribution in [0.1, 0.15) is 74.1 Å². The van der Waals surface area contributed by atoms with E-state index in [1.54, 1.807) is 19.2 Å². The molecule has 1 N–H and O–H groups in total. The predicted molar refractivity (Wildman–Crippen MR) is 138 cm³/mol. The van der Waals surface area contributed by atoms with Crippen LogP contribution < -0.4 is 10.2 Å². The third kappa shape index (κ3) is 6.26. The molecule has 0 aromatic carbocycles. The van der Waals surface area contributed by atoms with Crippen molar-refractivity contribution in [2.45, 2.75) is 57.9 Å². The fourth-order valence-electron chi connectivity index (χ4n) is 4.92. The average Bonchev–Trinajstić information content (AvgIpc) is 3.43. The molecule has 3 heterocycles. The largest absolute Gasteiger partial charge is 0.466 e. The summed E-state index contributed by atoms with van der Waals surface area (Å²) in [6, 6.07) is 3.42. The van der Waals surface area contributed by atoms with Crippen LogP contribution in [0.3, 0.4) is 0 Å². The van der Waals surface area contributed by atoms with E-state index >= 15 is 0 Å². The van der Waals surface area contributed by atoms with Crippen molar-refractivity contribution in [3.8, 4) is 11.5 Å². The van der Waals surface area contributed by atoms with Crippen LogP contribution >= 0.6 is 0 Å². The van der Waals surface area contributed by atoms with Crippen molar-refractivity contribution in [3.63, 3.8) is 0 Å². The van der Waals surface area contributed by atoms with E-state index in [4.69, 9.17) is 9.15 Å². The zero-order valence-electron chi connectivity index (χ0n) is 22.0. The van der Waals surface area contributed by atoms with Gasteiger partial charge in [0, 0.05) is 31.5 Å². The first-order valence-corrected chi connectivity index (χ1v) is 13.3. The number of hydrogen-bond donors (Lipinski definition) is 1. The second-order valence-corrected chi connectivity index (χ2v) is 10.2. The van der Waals surface area contributed by atoms with E-state index in [-0.39, 0.29) is 35.2 Å². The summed E-state index contributed by atoms with van der Waals surface area (Å²) >= 11 is 0. The highest BCUT2D eigenvalue weighted by molar-refractivity contribution is 6.03. The fourth-order valence-corrected chi connectivity index (χ4v) is 4.92. The maximum Gasteiger partial charge on any atom is 0.308 e. The van der Waals surface area contributed by atoms with Crippen LogP contribution in [0.15, 0.2) is 35.2 Å². The van der Waals surface area contributed by atoms with Crippen LogP contribution in [0.2, 0.25) is 0 Å². The lowest BCUT2D eigenvalue weighted by Gasteiger charge is -2.27. The van der Waals surface area contributed by atoms with Crippen LogP contribution in [0.5, 0.6) is 0 Å². The number of hydrogen-bond acceptors (Lipinski definition) is 8. The number of amides is 1. The van der Waals surface area contributed by atoms with Gasteiger partial charge in [-0.1, -0.05) is 0 Å². The normalized spacial score (nSPS) is 19.2. The molecular formula is C27H32F2N6O4. The van der Waals surface area contributed by atoms with Crippen molar-refractivity contribution >= 4 is 23.4 Å². The first-order chi connectivity index (χ1) is 18.8. The molecule has 2 aliphatic carbocycles. The number of nitrogens with zero attached hydrogens (tertiary/aromatic N) is 5. The second-order valence-electron chi connectivity index (χ2n) is 10.2. The monoisotopic (exact) mass is 542 g/mol. The molecule has 0 atom stereocenters. The van der Waals surface area contributed by atoms with Gasteiger partial charge in [-0.3, -0.25) is 14.3 Å². The van der Waals surface area contributed by atoms with E-state index in [2.05, 4.69) is 25.3 Å². The highest BCUT2D eigenvalue weighted by Gasteiger charge is 2.30. The van der Waals surface area contributed by atoms with Crippen LogP contribution in [0.25, 0.3) is 11.5 Å². The lowest BCUT2D eigenvalue weighted by Crippen LogP contribution is -2.25. The Bertz CT molecular complexity index is 1310. The minimum atomic E-state index is -2.88. The summed E-state index contributed by atoms with van der Waals surface area (Å²) in [4.78, 5) is 35.7. The molecule has 2 aliphatic rings. The van der Waals surface area contributed by atoms with Gasteiger partial charge in [0.05, 0.1) is 24.3 Å². The Morgan fingerprint density at radius 2 is 2.00 bits per heavy atom. The van der Waals surface area contributed by atoms with Gasteiger partial charge in [0.1, 0.15) is 12.1 Å². The third-order valence-electron chi connectivity index (χ3n) is 7.26. The smallest absolute Gasteiger partial charge is 0.308 e. The number of oxazole rings is 1. The summed E-state index contributed by atoms with van der Waals surface area (Å²) in [5.74, 6) is 0.595. The minimum absolute atomic E-state index is 0.0439. The molecule has 5 rings (SSSR count). The number of nitrogens with one attached hydrogen (secondary N) is 1. The van der Waals surface area contributed by atoms with Gasteiger partial charge in [-0.25, -0.2) is 18.7 Å². The van der Waals surface area contributed by atoms with Crippen LogP contribution in [0, 0.1) is 11.8 Å². The van der Waals surface area contributed by atoms with E-state index < -0.39 is 18.0 Å². The Hall–Kier alpha value is -3.83. The number of carbonyl (C=O) groups excluding carboxylic acids is 2. The minimum Gasteiger partial charge on any atom is -0.466 e. The van der Waals surface area contributed by atoms with Crippen molar-refractivity contribution in [2.24, 2.45) is 11.8 Å². The average molecular weight is 543 g/mol. The topological polar surface area (TPSA) is 115 Å². The first kappa shape index (κ1) is 26.8. The number of halogens is 2. The highest BCUT2D eigenvalue weighted by Crippen LogP contribution is 2.35. The number of pyridine rings is 1. The van der Waals surface area contributed by atoms with Crippen molar-refractivity contribution in [2.75, 3.05) is 30.4 Å². The SMILES string of the molecule is CCOC(=O)[C@H]1CC[C@@H](n2cc(NC(=O)c3coc(-c4ccnc(N(C)CC5CC5)c4)n3)c(C(F)F)n2)CC1. The van der Waals surface area contributed by atoms with Gasteiger partial charge >= 0.3 is 5.97 Å². The maximum absolute atomic E-state index is 13.8. The number of anilines is 2. The number of aromatic nitrogens is 4. The number of carbonyl (C=O) groups is 2. The lowest BCUT2D eigenvalue weighted by molar-refractivity contribution is -0.149. The number of esters is 1. The van der Waals surface area contributed by atoms with Crippen LogP contribution in [0.4, 0.5) is 20.3 Å². The zero-order chi connectivity index (χ0) is 27.5. The summed E-state index contributed by atoms with van der Waals surface area (Å²) < 4.78 is 39.7. The molecule has 3 aromatic rings. The highest BCUT2D eigenvalue weighted by atomic mass is 19.3. The van der Waals surface area contributed by atoms with Crippen molar-refractivity contribution < 1.29 is 27.5 Å². The summed E-state index contributed by atoms with van der Waals surface area (Å²) in [5, 5.41) is 6.59. The van der Waals surface area contributed by atoms with E-state index in [1.807, 2.05) is 13.1 Å². The Balaban J connectivity index is 1.26. The molecule has 3 aromatic heterocycles. The van der Waals surface area contributed by atoms with Gasteiger partial charge in [0.15, 0.2) is 11.4 Å². The van der Waals surface area contributed by atoms with Crippen molar-refractivity contribution in [3.05, 3.63) is 42.2 Å². The fraction of sp³-hybridized carbons (Fsp3) is 0.519. The van der Waals surface area contributed by atoms with Crippen LogP contribution in [-0.4, -0.2) is 51.8 Å².